The summed E-state index contributed by atoms with van der Waals surface area (Å²) in [5.74, 6) is 0.932. The normalized spacial score (nSPS) is 12.3. The highest BCUT2D eigenvalue weighted by molar-refractivity contribution is 6.33. The second-order valence-corrected chi connectivity index (χ2v) is 42.4. The van der Waals surface area contributed by atoms with Gasteiger partial charge in [-0.2, -0.15) is 0 Å². The number of fused-ring (bicyclic) bond motifs is 12. The predicted octanol–water partition coefficient (Wildman–Crippen LogP) is 41.1. The van der Waals surface area contributed by atoms with Crippen LogP contribution < -0.4 is 19.6 Å². The molecule has 0 fully saturated rings. The molecule has 4 aromatic heterocycles. The van der Waals surface area contributed by atoms with Crippen molar-refractivity contribution in [1.29, 1.82) is 0 Å². The fourth-order valence-electron chi connectivity index (χ4n) is 23.4. The van der Waals surface area contributed by atoms with Crippen LogP contribution in [0.15, 0.2) is 418 Å². The summed E-state index contributed by atoms with van der Waals surface area (Å²) in [7, 11) is 0. The van der Waals surface area contributed by atoms with E-state index >= 15 is 0 Å². The summed E-state index contributed by atoms with van der Waals surface area (Å²) in [6, 6.07) is 146. The molecule has 700 valence electrons. The number of benzene rings is 22. The Kier molecular flexibility index (Phi) is 21.3. The van der Waals surface area contributed by atoms with Crippen LogP contribution in [0.1, 0.15) is 154 Å². The lowest BCUT2D eigenvalue weighted by Crippen LogP contribution is -2.13. The Labute approximate surface area is 839 Å². The third kappa shape index (κ3) is 14.4. The maximum atomic E-state index is 7.19. The largest absolute Gasteiger partial charge is 0.454 e. The molecule has 4 heterocycles. The average molecular weight is 1870 g/mol. The molecule has 144 heavy (non-hydrogen) atoms. The molecule has 0 spiro atoms. The smallest absolute Gasteiger partial charge is 0.159 e. The van der Waals surface area contributed by atoms with Crippen molar-refractivity contribution in [3.05, 3.63) is 434 Å². The molecular weight excluding hydrogens is 1750 g/mol. The average Bonchev–Trinajstić information content (AvgIpc) is 1.05. The number of hydrogen-bond donors (Lipinski definition) is 0. The van der Waals surface area contributed by atoms with Crippen LogP contribution in [0.25, 0.3) is 175 Å². The van der Waals surface area contributed by atoms with Gasteiger partial charge in [-0.25, -0.2) is 0 Å². The van der Waals surface area contributed by atoms with Crippen LogP contribution in [0, 0.1) is 0 Å². The van der Waals surface area contributed by atoms with Crippen LogP contribution in [0.2, 0.25) is 0 Å². The van der Waals surface area contributed by atoms with E-state index < -0.39 is 0 Å². The Balaban J connectivity index is 0.000000151. The second kappa shape index (κ2) is 34.6. The molecule has 8 heteroatoms. The molecule has 0 amide bonds. The lowest BCUT2D eigenvalue weighted by atomic mass is 9.84. The van der Waals surface area contributed by atoms with Gasteiger partial charge in [-0.3, -0.25) is 0 Å². The fourth-order valence-corrected chi connectivity index (χ4v) is 23.4. The molecule has 0 aliphatic rings. The first kappa shape index (κ1) is 88.7. The number of furan rings is 4. The van der Waals surface area contributed by atoms with Crippen molar-refractivity contribution in [2.75, 3.05) is 19.6 Å². The first-order chi connectivity index (χ1) is 70.1. The van der Waals surface area contributed by atoms with Gasteiger partial charge >= 0.3 is 0 Å². The number of anilines is 12. The molecule has 26 aromatic rings. The fraction of sp³-hybridized carbons (Fsp3) is 0.147. The zero-order valence-electron chi connectivity index (χ0n) is 83.8. The maximum absolute atomic E-state index is 7.19. The van der Waals surface area contributed by atoms with Crippen LogP contribution in [-0.4, -0.2) is 0 Å². The second-order valence-electron chi connectivity index (χ2n) is 42.4. The zero-order chi connectivity index (χ0) is 98.0. The molecule has 0 radical (unpaired) electrons. The lowest BCUT2D eigenvalue weighted by molar-refractivity contribution is 0.572. The van der Waals surface area contributed by atoms with Crippen LogP contribution in [0.5, 0.6) is 0 Å². The summed E-state index contributed by atoms with van der Waals surface area (Å²) in [5, 5.41) is 23.8. The van der Waals surface area contributed by atoms with E-state index in [0.29, 0.717) is 0 Å². The Morgan fingerprint density at radius 1 is 0.174 bits per heavy atom. The van der Waals surface area contributed by atoms with Crippen LogP contribution in [-0.2, 0) is 10.8 Å². The molecule has 0 N–H and O–H groups in total. The van der Waals surface area contributed by atoms with Gasteiger partial charge < -0.3 is 37.3 Å². The summed E-state index contributed by atoms with van der Waals surface area (Å²) in [5.41, 5.74) is 31.7. The van der Waals surface area contributed by atoms with Crippen molar-refractivity contribution in [2.24, 2.45) is 0 Å². The van der Waals surface area contributed by atoms with Gasteiger partial charge in [0.25, 0.3) is 0 Å². The third-order valence-electron chi connectivity index (χ3n) is 30.1. The van der Waals surface area contributed by atoms with Crippen molar-refractivity contribution in [2.45, 2.75) is 131 Å². The number of nitrogens with zero attached hydrogens (tertiary/aromatic N) is 4. The van der Waals surface area contributed by atoms with E-state index in [2.05, 4.69) is 517 Å². The molecule has 0 bridgehead atoms. The molecule has 0 aliphatic carbocycles. The van der Waals surface area contributed by atoms with E-state index in [1.807, 2.05) is 0 Å². The van der Waals surface area contributed by atoms with Gasteiger partial charge in [0.05, 0.1) is 45.5 Å². The first-order valence-corrected chi connectivity index (χ1v) is 51.0. The van der Waals surface area contributed by atoms with Gasteiger partial charge in [0.1, 0.15) is 22.3 Å². The monoisotopic (exact) mass is 1860 g/mol. The van der Waals surface area contributed by atoms with Crippen LogP contribution in [0.3, 0.4) is 0 Å². The summed E-state index contributed by atoms with van der Waals surface area (Å²) < 4.78 is 28.7. The number of para-hydroxylation sites is 12. The van der Waals surface area contributed by atoms with Crippen molar-refractivity contribution in [1.82, 2.24) is 0 Å². The Bertz CT molecular complexity index is 8940. The van der Waals surface area contributed by atoms with Gasteiger partial charge in [0.15, 0.2) is 22.3 Å². The Hall–Kier alpha value is -16.7. The molecule has 8 nitrogen and oxygen atoms in total. The summed E-state index contributed by atoms with van der Waals surface area (Å²) in [6.07, 6.45) is 0. The van der Waals surface area contributed by atoms with Crippen molar-refractivity contribution >= 4 is 221 Å². The topological polar surface area (TPSA) is 65.5 Å². The predicted molar refractivity (Wildman–Crippen MR) is 613 cm³/mol. The number of rotatable bonds is 18. The molecular formula is C136H112N4O4. The van der Waals surface area contributed by atoms with Crippen LogP contribution in [0.4, 0.5) is 68.2 Å². The van der Waals surface area contributed by atoms with Crippen molar-refractivity contribution < 1.29 is 17.7 Å². The van der Waals surface area contributed by atoms with E-state index in [-0.39, 0.29) is 34.5 Å². The highest BCUT2D eigenvalue weighted by Gasteiger charge is 2.35. The highest BCUT2D eigenvalue weighted by Crippen LogP contribution is 2.59. The molecule has 26 rings (SSSR count). The minimum absolute atomic E-state index is 0.0942. The molecule has 0 aliphatic heterocycles. The van der Waals surface area contributed by atoms with Crippen LogP contribution >= 0.6 is 0 Å². The van der Waals surface area contributed by atoms with Gasteiger partial charge in [-0.15, -0.1) is 0 Å². The van der Waals surface area contributed by atoms with E-state index in [1.165, 1.54) is 98.0 Å². The van der Waals surface area contributed by atoms with E-state index in [9.17, 15) is 0 Å². The summed E-state index contributed by atoms with van der Waals surface area (Å²) >= 11 is 0. The minimum Gasteiger partial charge on any atom is -0.454 e. The maximum Gasteiger partial charge on any atom is 0.159 e. The van der Waals surface area contributed by atoms with Crippen molar-refractivity contribution in [3.63, 3.8) is 0 Å². The standard InChI is InChI=1S/C70H52N2O2.C66H60N2O2/c1-43(2)59-41-63(71(47-25-13-7-14-26-47)61-35-19-33-55-53-31-17-29-49(67(53)73-69(55)61)45-21-9-5-10-22-45)57-40-38-52-60(44(3)4)42-64(58-39-37-51(59)65(57)66(52)58)72(48-27-15-8-16-28-48)62-36-20-34-56-54-32-18-30-50(68(54)74-70(56)62)46-23-11-6-12-24-46;1-39(2)51-37-57(67(41-21-13-11-14-22-41)55-31-19-27-47-45-25-17-29-53(65(5,6)7)61(45)69-63(47)55)49-36-34-44-52(40(3)4)38-58(50-35-33-43(51)59(49)60(44)50)68(42-23-15-12-16-24-42)56-32-20-28-48-46-26-18-30-54(66(8,9)10)62(46)70-64(48)56/h5-44H,1-4H3;11-40H,1-10H3. The quantitative estimate of drug-likeness (QED) is 0.0788. The molecule has 0 atom stereocenters. The zero-order valence-corrected chi connectivity index (χ0v) is 83.8. The number of hydrogen-bond acceptors (Lipinski definition) is 8. The Morgan fingerprint density at radius 2 is 0.375 bits per heavy atom. The Morgan fingerprint density at radius 3 is 0.611 bits per heavy atom. The first-order valence-electron chi connectivity index (χ1n) is 51.0. The summed E-state index contributed by atoms with van der Waals surface area (Å²) in [6.45, 7) is 32.2. The highest BCUT2D eigenvalue weighted by atomic mass is 16.3. The molecule has 0 unspecified atom stereocenters. The van der Waals surface area contributed by atoms with E-state index in [4.69, 9.17) is 17.7 Å². The lowest BCUT2D eigenvalue weighted by Gasteiger charge is -2.31. The van der Waals surface area contributed by atoms with Gasteiger partial charge in [-0.1, -0.05) is 400 Å². The third-order valence-corrected chi connectivity index (χ3v) is 30.1. The van der Waals surface area contributed by atoms with Crippen molar-refractivity contribution in [3.8, 4) is 22.3 Å². The summed E-state index contributed by atoms with van der Waals surface area (Å²) in [4.78, 5) is 9.79. The molecule has 0 saturated carbocycles. The molecule has 22 aromatic carbocycles. The minimum atomic E-state index is -0.0942. The van der Waals surface area contributed by atoms with E-state index in [1.54, 1.807) is 0 Å². The van der Waals surface area contributed by atoms with E-state index in [0.717, 1.165) is 178 Å². The SMILES string of the molecule is CC(C)c1cc(N(c2ccccc2)c2cccc3c2oc2c(-c4ccccc4)cccc23)c2ccc3c(C(C)C)cc(N(c4ccccc4)c4cccc5c4oc4c(-c6ccccc6)cccc45)c4ccc1c2c34.CC(C)c1cc(N(c2ccccc2)c2cccc3c2oc2c(C(C)(C)C)cccc23)c2ccc3c(C(C)C)cc(N(c4ccccc4)c4cccc5c4oc4c(C(C)(C)C)cccc45)c4ccc1c2c34. The molecule has 0 saturated heterocycles. The van der Waals surface area contributed by atoms with Gasteiger partial charge in [0.2, 0.25) is 0 Å². The van der Waals surface area contributed by atoms with Gasteiger partial charge in [0, 0.05) is 110 Å². The van der Waals surface area contributed by atoms with Gasteiger partial charge in [-0.05, 0) is 208 Å².